The molecule has 2 aromatic heterocycles. The summed E-state index contributed by atoms with van der Waals surface area (Å²) in [6, 6.07) is 6.48. The summed E-state index contributed by atoms with van der Waals surface area (Å²) in [5.41, 5.74) is 2.04. The molecule has 0 aliphatic heterocycles. The summed E-state index contributed by atoms with van der Waals surface area (Å²) in [6.45, 7) is 1.50. The molecule has 1 aliphatic carbocycles. The third-order valence-electron chi connectivity index (χ3n) is 3.43. The van der Waals surface area contributed by atoms with E-state index in [9.17, 15) is 0 Å². The number of pyridine rings is 1. The molecule has 1 aliphatic rings. The number of hydrogen-bond acceptors (Lipinski definition) is 4. The van der Waals surface area contributed by atoms with Gasteiger partial charge in [-0.3, -0.25) is 0 Å². The number of anilines is 1. The first-order chi connectivity index (χ1) is 9.72. The van der Waals surface area contributed by atoms with Crippen LogP contribution in [-0.4, -0.2) is 18.1 Å². The van der Waals surface area contributed by atoms with E-state index in [0.29, 0.717) is 6.04 Å². The minimum atomic E-state index is 0.653. The fraction of sp³-hybridized carbons (Fsp3) is 0.400. The summed E-state index contributed by atoms with van der Waals surface area (Å²) >= 11 is 6.21. The topological polar surface area (TPSA) is 41.3 Å². The number of nitrogens with one attached hydrogen (secondary N) is 1. The normalized spacial score (nSPS) is 14.5. The minimum absolute atomic E-state index is 0.653. The molecule has 0 atom stereocenters. The highest BCUT2D eigenvalue weighted by atomic mass is 35.5. The lowest BCUT2D eigenvalue weighted by atomic mass is 10.3. The molecule has 0 bridgehead atoms. The van der Waals surface area contributed by atoms with Crippen molar-refractivity contribution in [2.75, 3.05) is 11.9 Å². The van der Waals surface area contributed by atoms with E-state index < -0.39 is 0 Å². The number of hydrogen-bond donors (Lipinski definition) is 1. The Hall–Kier alpha value is -1.52. The first-order valence-corrected chi connectivity index (χ1v) is 7.21. The molecule has 0 aromatic carbocycles. The van der Waals surface area contributed by atoms with Gasteiger partial charge >= 0.3 is 0 Å². The van der Waals surface area contributed by atoms with Crippen molar-refractivity contribution in [2.45, 2.75) is 32.0 Å². The molecule has 1 fully saturated rings. The van der Waals surface area contributed by atoms with Gasteiger partial charge in [0.25, 0.3) is 0 Å². The van der Waals surface area contributed by atoms with Gasteiger partial charge in [-0.05, 0) is 31.0 Å². The molecular weight excluding hydrogens is 274 g/mol. The molecule has 3 rings (SSSR count). The van der Waals surface area contributed by atoms with Gasteiger partial charge in [0.2, 0.25) is 0 Å². The van der Waals surface area contributed by atoms with Crippen molar-refractivity contribution in [1.82, 2.24) is 10.3 Å². The predicted octanol–water partition coefficient (Wildman–Crippen LogP) is 3.22. The second-order valence-electron chi connectivity index (χ2n) is 5.24. The molecule has 0 spiro atoms. The van der Waals surface area contributed by atoms with Gasteiger partial charge in [0.05, 0.1) is 23.2 Å². The molecule has 0 saturated heterocycles. The van der Waals surface area contributed by atoms with E-state index in [0.717, 1.165) is 35.2 Å². The van der Waals surface area contributed by atoms with Crippen LogP contribution in [0.25, 0.3) is 0 Å². The molecule has 0 amide bonds. The van der Waals surface area contributed by atoms with Gasteiger partial charge < -0.3 is 14.6 Å². The lowest BCUT2D eigenvalue weighted by Crippen LogP contribution is -2.20. The second kappa shape index (κ2) is 5.85. The zero-order valence-electron chi connectivity index (χ0n) is 11.5. The Balaban J connectivity index is 1.69. The Morgan fingerprint density at radius 1 is 1.40 bits per heavy atom. The highest BCUT2D eigenvalue weighted by Crippen LogP contribution is 2.23. The highest BCUT2D eigenvalue weighted by Gasteiger charge is 2.21. The number of rotatable bonds is 6. The lowest BCUT2D eigenvalue weighted by Gasteiger charge is -2.18. The highest BCUT2D eigenvalue weighted by molar-refractivity contribution is 6.31. The molecule has 1 saturated carbocycles. The maximum Gasteiger partial charge on any atom is 0.129 e. The SMILES string of the molecule is CN(Cc1ccoc1)c1ccc(Cl)c(CNC2CC2)n1. The fourth-order valence-electron chi connectivity index (χ4n) is 2.08. The molecule has 4 nitrogen and oxygen atoms in total. The Bertz CT molecular complexity index is 567. The van der Waals surface area contributed by atoms with Crippen LogP contribution in [0.1, 0.15) is 24.1 Å². The van der Waals surface area contributed by atoms with Crippen LogP contribution in [0.2, 0.25) is 5.02 Å². The van der Waals surface area contributed by atoms with Crippen LogP contribution in [0.5, 0.6) is 0 Å². The summed E-state index contributed by atoms with van der Waals surface area (Å²) in [7, 11) is 2.02. The smallest absolute Gasteiger partial charge is 0.129 e. The first kappa shape index (κ1) is 13.5. The van der Waals surface area contributed by atoms with E-state index in [4.69, 9.17) is 16.0 Å². The van der Waals surface area contributed by atoms with Crippen molar-refractivity contribution in [3.05, 3.63) is 47.0 Å². The van der Waals surface area contributed by atoms with Crippen LogP contribution in [0.4, 0.5) is 5.82 Å². The van der Waals surface area contributed by atoms with Crippen LogP contribution in [0.3, 0.4) is 0 Å². The van der Waals surface area contributed by atoms with Crippen molar-refractivity contribution >= 4 is 17.4 Å². The summed E-state index contributed by atoms with van der Waals surface area (Å²) < 4.78 is 5.09. The molecule has 1 N–H and O–H groups in total. The van der Waals surface area contributed by atoms with Gasteiger partial charge in [-0.1, -0.05) is 11.6 Å². The van der Waals surface area contributed by atoms with Crippen LogP contribution in [-0.2, 0) is 13.1 Å². The van der Waals surface area contributed by atoms with Crippen LogP contribution in [0.15, 0.2) is 35.1 Å². The largest absolute Gasteiger partial charge is 0.472 e. The molecular formula is C15H18ClN3O. The van der Waals surface area contributed by atoms with Gasteiger partial charge in [-0.15, -0.1) is 0 Å². The van der Waals surface area contributed by atoms with E-state index in [1.165, 1.54) is 12.8 Å². The third-order valence-corrected chi connectivity index (χ3v) is 3.77. The summed E-state index contributed by atoms with van der Waals surface area (Å²) in [4.78, 5) is 6.74. The quantitative estimate of drug-likeness (QED) is 0.887. The minimum Gasteiger partial charge on any atom is -0.472 e. The molecule has 0 radical (unpaired) electrons. The predicted molar refractivity (Wildman–Crippen MR) is 79.9 cm³/mol. The van der Waals surface area contributed by atoms with Crippen molar-refractivity contribution < 1.29 is 4.42 Å². The number of nitrogens with zero attached hydrogens (tertiary/aromatic N) is 2. The van der Waals surface area contributed by atoms with E-state index >= 15 is 0 Å². The second-order valence-corrected chi connectivity index (χ2v) is 5.65. The first-order valence-electron chi connectivity index (χ1n) is 6.83. The third kappa shape index (κ3) is 3.32. The Labute approximate surface area is 123 Å². The molecule has 5 heteroatoms. The Kier molecular flexibility index (Phi) is 3.94. The molecule has 0 unspecified atom stereocenters. The van der Waals surface area contributed by atoms with E-state index in [2.05, 4.69) is 15.2 Å². The molecule has 2 heterocycles. The number of furan rings is 1. The standard InChI is InChI=1S/C15H18ClN3O/c1-19(9-11-6-7-20-10-11)15-5-4-13(16)14(18-15)8-17-12-2-3-12/h4-7,10,12,17H,2-3,8-9H2,1H3. The monoisotopic (exact) mass is 291 g/mol. The van der Waals surface area contributed by atoms with E-state index in [-0.39, 0.29) is 0 Å². The van der Waals surface area contributed by atoms with Gasteiger partial charge in [0.15, 0.2) is 0 Å². The van der Waals surface area contributed by atoms with E-state index in [1.54, 1.807) is 12.5 Å². The van der Waals surface area contributed by atoms with Gasteiger partial charge in [0, 0.05) is 31.7 Å². The lowest BCUT2D eigenvalue weighted by molar-refractivity contribution is 0.563. The average molecular weight is 292 g/mol. The number of halogens is 1. The van der Waals surface area contributed by atoms with E-state index in [1.807, 2.05) is 25.2 Å². The van der Waals surface area contributed by atoms with Crippen LogP contribution >= 0.6 is 11.6 Å². The molecule has 2 aromatic rings. The van der Waals surface area contributed by atoms with Gasteiger partial charge in [0.1, 0.15) is 5.82 Å². The Morgan fingerprint density at radius 2 is 2.25 bits per heavy atom. The molecule has 106 valence electrons. The Morgan fingerprint density at radius 3 is 2.95 bits per heavy atom. The van der Waals surface area contributed by atoms with Crippen molar-refractivity contribution in [3.63, 3.8) is 0 Å². The summed E-state index contributed by atoms with van der Waals surface area (Å²) in [5.74, 6) is 0.920. The van der Waals surface area contributed by atoms with Crippen molar-refractivity contribution in [3.8, 4) is 0 Å². The zero-order valence-corrected chi connectivity index (χ0v) is 12.2. The van der Waals surface area contributed by atoms with Crippen LogP contribution in [0, 0.1) is 0 Å². The maximum absolute atomic E-state index is 6.21. The summed E-state index contributed by atoms with van der Waals surface area (Å²) in [6.07, 6.45) is 5.96. The zero-order chi connectivity index (χ0) is 13.9. The molecule has 20 heavy (non-hydrogen) atoms. The maximum atomic E-state index is 6.21. The summed E-state index contributed by atoms with van der Waals surface area (Å²) in [5, 5.41) is 4.17. The fourth-order valence-corrected chi connectivity index (χ4v) is 2.25. The number of aromatic nitrogens is 1. The average Bonchev–Trinajstić information content (AvgIpc) is 3.14. The van der Waals surface area contributed by atoms with Gasteiger partial charge in [-0.2, -0.15) is 0 Å². The van der Waals surface area contributed by atoms with Crippen LogP contribution < -0.4 is 10.2 Å². The van der Waals surface area contributed by atoms with Crippen molar-refractivity contribution in [1.29, 1.82) is 0 Å². The van der Waals surface area contributed by atoms with Crippen molar-refractivity contribution in [2.24, 2.45) is 0 Å². The van der Waals surface area contributed by atoms with Gasteiger partial charge in [-0.25, -0.2) is 4.98 Å².